The zero-order chi connectivity index (χ0) is 26.3. The van der Waals surface area contributed by atoms with E-state index in [-0.39, 0.29) is 28.5 Å². The molecule has 0 radical (unpaired) electrons. The number of nitrogens with one attached hydrogen (secondary N) is 4. The van der Waals surface area contributed by atoms with Crippen molar-refractivity contribution in [1.82, 2.24) is 15.4 Å². The van der Waals surface area contributed by atoms with Crippen LogP contribution in [0.1, 0.15) is 30.4 Å². The van der Waals surface area contributed by atoms with E-state index in [4.69, 9.17) is 0 Å². The molecule has 0 unspecified atom stereocenters. The van der Waals surface area contributed by atoms with Crippen molar-refractivity contribution in [2.24, 2.45) is 5.92 Å². The Morgan fingerprint density at radius 1 is 0.892 bits per heavy atom. The zero-order valence-corrected chi connectivity index (χ0v) is 21.5. The maximum absolute atomic E-state index is 13.1. The molecule has 1 aliphatic heterocycles. The van der Waals surface area contributed by atoms with Crippen molar-refractivity contribution in [3.8, 4) is 0 Å². The van der Waals surface area contributed by atoms with Gasteiger partial charge in [0.1, 0.15) is 0 Å². The molecular weight excluding hydrogens is 488 g/mol. The lowest BCUT2D eigenvalue weighted by molar-refractivity contribution is -0.125. The van der Waals surface area contributed by atoms with E-state index < -0.39 is 16.1 Å². The summed E-state index contributed by atoms with van der Waals surface area (Å²) in [7, 11) is -3.79. The van der Waals surface area contributed by atoms with Gasteiger partial charge in [-0.1, -0.05) is 60.7 Å². The lowest BCUT2D eigenvalue weighted by Gasteiger charge is -2.30. The fraction of sp³-hybridized carbons (Fsp3) is 0.286. The molecule has 0 saturated carbocycles. The zero-order valence-electron chi connectivity index (χ0n) is 20.7. The van der Waals surface area contributed by atoms with Gasteiger partial charge in [-0.3, -0.25) is 9.59 Å². The van der Waals surface area contributed by atoms with Gasteiger partial charge in [0, 0.05) is 44.2 Å². The summed E-state index contributed by atoms with van der Waals surface area (Å²) in [5.41, 5.74) is 2.75. The van der Waals surface area contributed by atoms with Crippen molar-refractivity contribution in [2.45, 2.75) is 30.2 Å². The minimum Gasteiger partial charge on any atom is -0.355 e. The minimum atomic E-state index is -3.79. The maximum Gasteiger partial charge on any atom is 0.240 e. The topological polar surface area (TPSA) is 116 Å². The SMILES string of the molecule is CC(=O)Nc1ccc(S(=O)(=O)N[C@H]2CNC[C@@H](C(=O)NCC(c3ccccc3)c3ccccc3)C2)cc1. The smallest absolute Gasteiger partial charge is 0.240 e. The summed E-state index contributed by atoms with van der Waals surface area (Å²) in [5, 5.41) is 8.90. The quantitative estimate of drug-likeness (QED) is 0.346. The van der Waals surface area contributed by atoms with Crippen LogP contribution >= 0.6 is 0 Å². The molecule has 8 nitrogen and oxygen atoms in total. The predicted molar refractivity (Wildman–Crippen MR) is 144 cm³/mol. The summed E-state index contributed by atoms with van der Waals surface area (Å²) in [6.45, 7) is 2.75. The molecule has 0 spiro atoms. The highest BCUT2D eigenvalue weighted by molar-refractivity contribution is 7.89. The van der Waals surface area contributed by atoms with Crippen molar-refractivity contribution in [1.29, 1.82) is 0 Å². The van der Waals surface area contributed by atoms with E-state index in [2.05, 4.69) is 44.9 Å². The first-order valence-corrected chi connectivity index (χ1v) is 13.8. The van der Waals surface area contributed by atoms with Gasteiger partial charge in [-0.25, -0.2) is 13.1 Å². The highest BCUT2D eigenvalue weighted by Gasteiger charge is 2.30. The van der Waals surface area contributed by atoms with Crippen LogP contribution in [0.15, 0.2) is 89.8 Å². The molecule has 2 amide bonds. The predicted octanol–water partition coefficient (Wildman–Crippen LogP) is 2.85. The standard InChI is InChI=1S/C28H32N4O4S/c1-20(33)31-24-12-14-26(15-13-24)37(35,36)32-25-16-23(17-29-18-25)28(34)30-19-27(21-8-4-2-5-9-21)22-10-6-3-7-11-22/h2-15,23,25,27,29,32H,16-19H2,1H3,(H,30,34)(H,31,33)/t23-,25+/m0/s1. The molecule has 9 heteroatoms. The third-order valence-electron chi connectivity index (χ3n) is 6.41. The number of amides is 2. The molecule has 0 aromatic heterocycles. The van der Waals surface area contributed by atoms with Crippen LogP contribution in [0.25, 0.3) is 0 Å². The van der Waals surface area contributed by atoms with Crippen molar-refractivity contribution in [3.05, 3.63) is 96.1 Å². The molecule has 1 fully saturated rings. The molecule has 1 heterocycles. The fourth-order valence-corrected chi connectivity index (χ4v) is 5.83. The second-order valence-corrected chi connectivity index (χ2v) is 10.9. The van der Waals surface area contributed by atoms with Crippen LogP contribution in [0.2, 0.25) is 0 Å². The molecule has 3 aromatic carbocycles. The fourth-order valence-electron chi connectivity index (χ4n) is 4.59. The Balaban J connectivity index is 1.37. The third-order valence-corrected chi connectivity index (χ3v) is 7.95. The van der Waals surface area contributed by atoms with Crippen LogP contribution in [0.5, 0.6) is 0 Å². The highest BCUT2D eigenvalue weighted by Crippen LogP contribution is 2.24. The molecule has 4 rings (SSSR count). The maximum atomic E-state index is 13.1. The number of carbonyl (C=O) groups is 2. The van der Waals surface area contributed by atoms with Gasteiger partial charge in [0.05, 0.1) is 10.8 Å². The molecular formula is C28H32N4O4S. The summed E-state index contributed by atoms with van der Waals surface area (Å²) in [6.07, 6.45) is 0.392. The second kappa shape index (κ2) is 12.1. The van der Waals surface area contributed by atoms with Crippen LogP contribution in [-0.2, 0) is 19.6 Å². The Morgan fingerprint density at radius 3 is 2.05 bits per heavy atom. The van der Waals surface area contributed by atoms with Crippen molar-refractivity contribution >= 4 is 27.5 Å². The van der Waals surface area contributed by atoms with Crippen molar-refractivity contribution < 1.29 is 18.0 Å². The normalized spacial score (nSPS) is 17.8. The van der Waals surface area contributed by atoms with E-state index in [0.29, 0.717) is 31.7 Å². The third kappa shape index (κ3) is 7.25. The second-order valence-electron chi connectivity index (χ2n) is 9.23. The Morgan fingerprint density at radius 2 is 1.49 bits per heavy atom. The summed E-state index contributed by atoms with van der Waals surface area (Å²) >= 11 is 0. The summed E-state index contributed by atoms with van der Waals surface area (Å²) in [4.78, 5) is 24.4. The van der Waals surface area contributed by atoms with Crippen LogP contribution in [-0.4, -0.2) is 45.9 Å². The number of hydrogen-bond acceptors (Lipinski definition) is 5. The Bertz CT molecular complexity index is 1260. The Kier molecular flexibility index (Phi) is 8.70. The van der Waals surface area contributed by atoms with Gasteiger partial charge in [-0.15, -0.1) is 0 Å². The van der Waals surface area contributed by atoms with Gasteiger partial charge < -0.3 is 16.0 Å². The van der Waals surface area contributed by atoms with Gasteiger partial charge in [0.25, 0.3) is 0 Å². The summed E-state index contributed by atoms with van der Waals surface area (Å²) < 4.78 is 28.5. The Labute approximate surface area is 217 Å². The van der Waals surface area contributed by atoms with Gasteiger partial charge in [0.15, 0.2) is 0 Å². The first-order chi connectivity index (χ1) is 17.8. The van der Waals surface area contributed by atoms with Crippen LogP contribution in [0.4, 0.5) is 5.69 Å². The van der Waals surface area contributed by atoms with Gasteiger partial charge in [0.2, 0.25) is 21.8 Å². The van der Waals surface area contributed by atoms with Gasteiger partial charge >= 0.3 is 0 Å². The lowest BCUT2D eigenvalue weighted by Crippen LogP contribution is -2.52. The number of rotatable bonds is 9. The number of benzene rings is 3. The molecule has 37 heavy (non-hydrogen) atoms. The molecule has 3 aromatic rings. The van der Waals surface area contributed by atoms with E-state index >= 15 is 0 Å². The largest absolute Gasteiger partial charge is 0.355 e. The van der Waals surface area contributed by atoms with E-state index in [1.807, 2.05) is 36.4 Å². The number of anilines is 1. The minimum absolute atomic E-state index is 0.0117. The van der Waals surface area contributed by atoms with E-state index in [9.17, 15) is 18.0 Å². The average molecular weight is 521 g/mol. The summed E-state index contributed by atoms with van der Waals surface area (Å²) in [5.74, 6) is -0.688. The number of carbonyl (C=O) groups excluding carboxylic acids is 2. The van der Waals surface area contributed by atoms with Crippen LogP contribution < -0.4 is 20.7 Å². The number of hydrogen-bond donors (Lipinski definition) is 4. The van der Waals surface area contributed by atoms with Crippen molar-refractivity contribution in [2.75, 3.05) is 25.0 Å². The molecule has 1 aliphatic rings. The molecule has 0 bridgehead atoms. The Hall–Kier alpha value is -3.53. The monoisotopic (exact) mass is 520 g/mol. The van der Waals surface area contributed by atoms with Gasteiger partial charge in [-0.2, -0.15) is 0 Å². The molecule has 194 valence electrons. The van der Waals surface area contributed by atoms with Crippen LogP contribution in [0.3, 0.4) is 0 Å². The molecule has 0 aliphatic carbocycles. The number of piperidine rings is 1. The molecule has 2 atom stereocenters. The average Bonchev–Trinajstić information content (AvgIpc) is 2.90. The first kappa shape index (κ1) is 26.5. The first-order valence-electron chi connectivity index (χ1n) is 12.3. The molecule has 1 saturated heterocycles. The summed E-state index contributed by atoms with van der Waals surface area (Å²) in [6, 6.07) is 25.7. The molecule has 4 N–H and O–H groups in total. The van der Waals surface area contributed by atoms with E-state index in [1.54, 1.807) is 12.1 Å². The van der Waals surface area contributed by atoms with Gasteiger partial charge in [-0.05, 0) is 41.8 Å². The number of sulfonamides is 1. The highest BCUT2D eigenvalue weighted by atomic mass is 32.2. The van der Waals surface area contributed by atoms with Crippen molar-refractivity contribution in [3.63, 3.8) is 0 Å². The van der Waals surface area contributed by atoms with Crippen LogP contribution in [0, 0.1) is 5.92 Å². The van der Waals surface area contributed by atoms with E-state index in [1.165, 1.54) is 19.1 Å². The van der Waals surface area contributed by atoms with E-state index in [0.717, 1.165) is 11.1 Å². The lowest BCUT2D eigenvalue weighted by atomic mass is 9.90.